The maximum absolute atomic E-state index is 12.6. The van der Waals surface area contributed by atoms with Gasteiger partial charge in [0, 0.05) is 20.2 Å². The number of carbonyl (C=O) groups is 3. The molecule has 1 aliphatic rings. The Morgan fingerprint density at radius 1 is 1.29 bits per heavy atom. The van der Waals surface area contributed by atoms with Crippen LogP contribution in [0.5, 0.6) is 5.75 Å². The quantitative estimate of drug-likeness (QED) is 0.371. The predicted molar refractivity (Wildman–Crippen MR) is 104 cm³/mol. The van der Waals surface area contributed by atoms with Crippen LogP contribution in [0.2, 0.25) is 0 Å². The summed E-state index contributed by atoms with van der Waals surface area (Å²) < 4.78 is 15.0. The number of piperazine rings is 1. The number of ether oxygens (including phenoxy) is 3. The number of nitrogens with zero attached hydrogens (tertiary/aromatic N) is 1. The Morgan fingerprint density at radius 2 is 2.04 bits per heavy atom. The standard InChI is InChI=1S/C18H23N3O6S/c1-25-9-10-27-15(22)11-13-17(24)19-7-8-21(13)18(28)20-16(23)12-5-3-4-6-14(12)26-2/h3-6,13H,7-11H2,1-2H3,(H,19,24)(H,20,23,28). The number of hydrogen-bond acceptors (Lipinski definition) is 7. The van der Waals surface area contributed by atoms with Crippen molar-refractivity contribution in [3.63, 3.8) is 0 Å². The first kappa shape index (κ1) is 21.6. The zero-order valence-electron chi connectivity index (χ0n) is 15.7. The number of benzene rings is 1. The molecule has 1 aromatic carbocycles. The summed E-state index contributed by atoms with van der Waals surface area (Å²) in [5.41, 5.74) is 0.310. The minimum absolute atomic E-state index is 0.0560. The topological polar surface area (TPSA) is 106 Å². The minimum Gasteiger partial charge on any atom is -0.496 e. The molecule has 0 spiro atoms. The molecule has 1 atom stereocenters. The summed E-state index contributed by atoms with van der Waals surface area (Å²) in [6.45, 7) is 1.06. The van der Waals surface area contributed by atoms with Crippen LogP contribution in [0, 0.1) is 0 Å². The molecule has 2 N–H and O–H groups in total. The van der Waals surface area contributed by atoms with E-state index in [0.717, 1.165) is 0 Å². The van der Waals surface area contributed by atoms with Crippen molar-refractivity contribution in [3.8, 4) is 5.75 Å². The van der Waals surface area contributed by atoms with Crippen LogP contribution >= 0.6 is 12.2 Å². The molecular formula is C18H23N3O6S. The number of carbonyl (C=O) groups excluding carboxylic acids is 3. The Morgan fingerprint density at radius 3 is 2.75 bits per heavy atom. The number of rotatable bonds is 7. The van der Waals surface area contributed by atoms with E-state index in [0.29, 0.717) is 24.4 Å². The van der Waals surface area contributed by atoms with E-state index in [2.05, 4.69) is 10.6 Å². The van der Waals surface area contributed by atoms with Gasteiger partial charge in [-0.1, -0.05) is 12.1 Å². The fourth-order valence-electron chi connectivity index (χ4n) is 2.68. The Kier molecular flexibility index (Phi) is 8.15. The van der Waals surface area contributed by atoms with Gasteiger partial charge in [-0.2, -0.15) is 0 Å². The van der Waals surface area contributed by atoms with Gasteiger partial charge in [-0.15, -0.1) is 0 Å². The molecule has 10 heteroatoms. The summed E-state index contributed by atoms with van der Waals surface area (Å²) in [6.07, 6.45) is -0.194. The molecule has 1 saturated heterocycles. The lowest BCUT2D eigenvalue weighted by atomic mass is 10.1. The largest absolute Gasteiger partial charge is 0.496 e. The Bertz CT molecular complexity index is 742. The van der Waals surface area contributed by atoms with Gasteiger partial charge >= 0.3 is 5.97 Å². The van der Waals surface area contributed by atoms with Crippen molar-refractivity contribution in [2.24, 2.45) is 0 Å². The summed E-state index contributed by atoms with van der Waals surface area (Å²) in [4.78, 5) is 38.3. The van der Waals surface area contributed by atoms with Crippen LogP contribution in [0.1, 0.15) is 16.8 Å². The van der Waals surface area contributed by atoms with Crippen LogP contribution in [0.4, 0.5) is 0 Å². The van der Waals surface area contributed by atoms with Crippen LogP contribution in [-0.2, 0) is 19.1 Å². The van der Waals surface area contributed by atoms with Gasteiger partial charge in [-0.05, 0) is 24.4 Å². The molecule has 1 fully saturated rings. The number of methoxy groups -OCH3 is 2. The molecular weight excluding hydrogens is 386 g/mol. The number of hydrogen-bond donors (Lipinski definition) is 2. The van der Waals surface area contributed by atoms with Crippen molar-refractivity contribution in [2.75, 3.05) is 40.5 Å². The van der Waals surface area contributed by atoms with E-state index in [4.69, 9.17) is 26.4 Å². The smallest absolute Gasteiger partial charge is 0.308 e. The lowest BCUT2D eigenvalue weighted by Crippen LogP contribution is -2.60. The number of para-hydroxylation sites is 1. The third-order valence-corrected chi connectivity index (χ3v) is 4.41. The molecule has 152 valence electrons. The highest BCUT2D eigenvalue weighted by Crippen LogP contribution is 2.17. The third kappa shape index (κ3) is 5.64. The summed E-state index contributed by atoms with van der Waals surface area (Å²) >= 11 is 5.32. The van der Waals surface area contributed by atoms with Crippen molar-refractivity contribution in [1.29, 1.82) is 0 Å². The van der Waals surface area contributed by atoms with Crippen molar-refractivity contribution in [1.82, 2.24) is 15.5 Å². The molecule has 0 saturated carbocycles. The summed E-state index contributed by atoms with van der Waals surface area (Å²) in [6, 6.07) is 5.84. The van der Waals surface area contributed by atoms with Gasteiger partial charge in [0.05, 0.1) is 25.7 Å². The van der Waals surface area contributed by atoms with Crippen molar-refractivity contribution < 1.29 is 28.6 Å². The predicted octanol–water partition coefficient (Wildman–Crippen LogP) is 0.0900. The fraction of sp³-hybridized carbons (Fsp3) is 0.444. The average molecular weight is 409 g/mol. The van der Waals surface area contributed by atoms with Crippen LogP contribution in [-0.4, -0.2) is 74.4 Å². The van der Waals surface area contributed by atoms with Crippen LogP contribution in [0.15, 0.2) is 24.3 Å². The minimum atomic E-state index is -0.866. The molecule has 0 aromatic heterocycles. The molecule has 2 rings (SSSR count). The number of esters is 1. The average Bonchev–Trinajstić information content (AvgIpc) is 2.69. The maximum atomic E-state index is 12.6. The van der Waals surface area contributed by atoms with Crippen molar-refractivity contribution in [3.05, 3.63) is 29.8 Å². The van der Waals surface area contributed by atoms with Gasteiger partial charge in [0.15, 0.2) is 5.11 Å². The van der Waals surface area contributed by atoms with Crippen molar-refractivity contribution in [2.45, 2.75) is 12.5 Å². The van der Waals surface area contributed by atoms with E-state index in [1.54, 1.807) is 24.3 Å². The Hall–Kier alpha value is -2.72. The lowest BCUT2D eigenvalue weighted by Gasteiger charge is -2.36. The van der Waals surface area contributed by atoms with Crippen LogP contribution in [0.25, 0.3) is 0 Å². The molecule has 0 radical (unpaired) electrons. The van der Waals surface area contributed by atoms with Gasteiger partial charge in [0.1, 0.15) is 18.4 Å². The zero-order valence-corrected chi connectivity index (χ0v) is 16.5. The van der Waals surface area contributed by atoms with E-state index in [1.807, 2.05) is 0 Å². The highest BCUT2D eigenvalue weighted by molar-refractivity contribution is 7.80. The van der Waals surface area contributed by atoms with Gasteiger partial charge in [0.25, 0.3) is 5.91 Å². The highest BCUT2D eigenvalue weighted by atomic mass is 32.1. The molecule has 1 aliphatic heterocycles. The molecule has 1 unspecified atom stereocenters. The second kappa shape index (κ2) is 10.6. The monoisotopic (exact) mass is 409 g/mol. The summed E-state index contributed by atoms with van der Waals surface area (Å²) in [5.74, 6) is -0.973. The SMILES string of the molecule is COCCOC(=O)CC1C(=O)NCCN1C(=S)NC(=O)c1ccccc1OC. The van der Waals surface area contributed by atoms with Gasteiger partial charge in [0.2, 0.25) is 5.91 Å². The third-order valence-electron chi connectivity index (χ3n) is 4.07. The molecule has 0 aliphatic carbocycles. The normalized spacial score (nSPS) is 16.1. The van der Waals surface area contributed by atoms with Gasteiger partial charge in [-0.3, -0.25) is 19.7 Å². The first-order chi connectivity index (χ1) is 13.5. The molecule has 28 heavy (non-hydrogen) atoms. The zero-order chi connectivity index (χ0) is 20.5. The number of amides is 2. The van der Waals surface area contributed by atoms with Crippen LogP contribution in [0.3, 0.4) is 0 Å². The second-order valence-corrected chi connectivity index (χ2v) is 6.26. The van der Waals surface area contributed by atoms with E-state index < -0.39 is 17.9 Å². The van der Waals surface area contributed by atoms with E-state index in [1.165, 1.54) is 19.1 Å². The Labute approximate surface area is 168 Å². The molecule has 1 heterocycles. The highest BCUT2D eigenvalue weighted by Gasteiger charge is 2.34. The number of thiocarbonyl (C=S) groups is 1. The fourth-order valence-corrected chi connectivity index (χ4v) is 3.00. The maximum Gasteiger partial charge on any atom is 0.308 e. The first-order valence-electron chi connectivity index (χ1n) is 8.65. The second-order valence-electron chi connectivity index (χ2n) is 5.88. The molecule has 2 amide bonds. The van der Waals surface area contributed by atoms with E-state index >= 15 is 0 Å². The summed E-state index contributed by atoms with van der Waals surface area (Å²) in [7, 11) is 2.96. The number of nitrogens with one attached hydrogen (secondary N) is 2. The lowest BCUT2D eigenvalue weighted by molar-refractivity contribution is -0.148. The molecule has 9 nitrogen and oxygen atoms in total. The summed E-state index contributed by atoms with van der Waals surface area (Å²) in [5, 5.41) is 5.35. The van der Waals surface area contributed by atoms with Gasteiger partial charge < -0.3 is 24.4 Å². The Balaban J connectivity index is 2.05. The van der Waals surface area contributed by atoms with Gasteiger partial charge in [-0.25, -0.2) is 0 Å². The van der Waals surface area contributed by atoms with E-state index in [9.17, 15) is 14.4 Å². The van der Waals surface area contributed by atoms with Crippen molar-refractivity contribution >= 4 is 35.1 Å². The molecule has 0 bridgehead atoms. The van der Waals surface area contributed by atoms with Crippen LogP contribution < -0.4 is 15.4 Å². The molecule has 1 aromatic rings. The first-order valence-corrected chi connectivity index (χ1v) is 9.06. The van der Waals surface area contributed by atoms with E-state index in [-0.39, 0.29) is 30.7 Å².